The van der Waals surface area contributed by atoms with Crippen LogP contribution in [0.1, 0.15) is 46.9 Å². The number of pyridine rings is 1. The first-order chi connectivity index (χ1) is 18.0. The molecule has 3 atom stereocenters. The molecule has 5 heteroatoms. The predicted octanol–water partition coefficient (Wildman–Crippen LogP) is 5.29. The average Bonchev–Trinajstić information content (AvgIpc) is 3.47. The summed E-state index contributed by atoms with van der Waals surface area (Å²) >= 11 is 0. The Labute approximate surface area is 220 Å². The third-order valence-electron chi connectivity index (χ3n) is 7.74. The number of nitrogens with one attached hydrogen (secondary N) is 1. The zero-order valence-electron chi connectivity index (χ0n) is 22.0. The Morgan fingerprint density at radius 1 is 1.05 bits per heavy atom. The van der Waals surface area contributed by atoms with Gasteiger partial charge in [-0.1, -0.05) is 72.8 Å². The van der Waals surface area contributed by atoms with Crippen molar-refractivity contribution in [2.24, 2.45) is 0 Å². The van der Waals surface area contributed by atoms with Gasteiger partial charge in [0.1, 0.15) is 5.60 Å². The Hall–Kier alpha value is -3.25. The highest BCUT2D eigenvalue weighted by Crippen LogP contribution is 2.48. The van der Waals surface area contributed by atoms with Crippen LogP contribution in [0.4, 0.5) is 0 Å². The first-order valence-electron chi connectivity index (χ1n) is 13.2. The monoisotopic (exact) mass is 495 g/mol. The van der Waals surface area contributed by atoms with E-state index >= 15 is 0 Å². The summed E-state index contributed by atoms with van der Waals surface area (Å²) in [6, 6.07) is 27.1. The van der Waals surface area contributed by atoms with E-state index in [0.29, 0.717) is 18.2 Å². The van der Waals surface area contributed by atoms with Crippen molar-refractivity contribution in [2.45, 2.75) is 30.3 Å². The van der Waals surface area contributed by atoms with Crippen LogP contribution in [0.15, 0.2) is 85.1 Å². The van der Waals surface area contributed by atoms with Gasteiger partial charge >= 0.3 is 0 Å². The second kappa shape index (κ2) is 11.0. The summed E-state index contributed by atoms with van der Waals surface area (Å²) in [5.41, 5.74) is 2.87. The highest BCUT2D eigenvalue weighted by Gasteiger charge is 2.43. The smallest absolute Gasteiger partial charge is 0.216 e. The molecule has 1 aliphatic heterocycles. The summed E-state index contributed by atoms with van der Waals surface area (Å²) < 4.78 is 5.86. The van der Waals surface area contributed by atoms with E-state index in [1.54, 1.807) is 7.11 Å². The second-order valence-corrected chi connectivity index (χ2v) is 10.4. The van der Waals surface area contributed by atoms with E-state index < -0.39 is 5.60 Å². The summed E-state index contributed by atoms with van der Waals surface area (Å²) in [5.74, 6) is 0.587. The molecule has 5 nitrogen and oxygen atoms in total. The molecule has 0 amide bonds. The largest absolute Gasteiger partial charge is 0.481 e. The Morgan fingerprint density at radius 3 is 2.54 bits per heavy atom. The van der Waals surface area contributed by atoms with Crippen LogP contribution in [0.2, 0.25) is 0 Å². The van der Waals surface area contributed by atoms with Crippen molar-refractivity contribution < 1.29 is 9.84 Å². The van der Waals surface area contributed by atoms with Crippen molar-refractivity contribution in [1.29, 1.82) is 0 Å². The van der Waals surface area contributed by atoms with E-state index in [0.717, 1.165) is 53.5 Å². The zero-order chi connectivity index (χ0) is 25.8. The van der Waals surface area contributed by atoms with E-state index in [1.165, 1.54) is 5.56 Å². The SMILES string of the molecule is COc1ncc(C2CCNC2)cc1C(c1ccccc1)C(O)(CCN(C)C)c1cccc2ccccc12. The Kier molecular flexibility index (Phi) is 7.56. The number of nitrogens with zero attached hydrogens (tertiary/aromatic N) is 2. The van der Waals surface area contributed by atoms with Crippen LogP contribution in [-0.4, -0.2) is 55.8 Å². The zero-order valence-corrected chi connectivity index (χ0v) is 22.0. The number of benzene rings is 3. The van der Waals surface area contributed by atoms with Crippen LogP contribution in [-0.2, 0) is 5.60 Å². The van der Waals surface area contributed by atoms with Crippen LogP contribution in [0, 0.1) is 0 Å². The minimum atomic E-state index is -1.21. The van der Waals surface area contributed by atoms with Crippen LogP contribution in [0.5, 0.6) is 5.88 Å². The molecule has 3 unspecified atom stereocenters. The van der Waals surface area contributed by atoms with Gasteiger partial charge in [0.05, 0.1) is 7.11 Å². The summed E-state index contributed by atoms with van der Waals surface area (Å²) in [4.78, 5) is 6.91. The van der Waals surface area contributed by atoms with E-state index in [1.807, 2.05) is 36.5 Å². The standard InChI is InChI=1S/C32H37N3O2/c1-35(2)19-17-32(36,29-15-9-13-23-10-7-8-14-27(23)29)30(24-11-5-4-6-12-24)28-20-26(22-34-31(28)37-3)25-16-18-33-21-25/h4-15,20,22,25,30,33,36H,16-19,21H2,1-3H3. The van der Waals surface area contributed by atoms with E-state index in [2.05, 4.69) is 72.8 Å². The third kappa shape index (κ3) is 5.12. The number of aromatic nitrogens is 1. The number of hydrogen-bond acceptors (Lipinski definition) is 5. The fourth-order valence-corrected chi connectivity index (χ4v) is 5.82. The van der Waals surface area contributed by atoms with Crippen LogP contribution in [0.25, 0.3) is 10.8 Å². The number of rotatable bonds is 9. The molecule has 1 fully saturated rings. The highest BCUT2D eigenvalue weighted by molar-refractivity contribution is 5.86. The molecule has 2 N–H and O–H groups in total. The highest BCUT2D eigenvalue weighted by atomic mass is 16.5. The molecule has 4 aromatic rings. The first kappa shape index (κ1) is 25.4. The molecule has 1 aromatic heterocycles. The van der Waals surface area contributed by atoms with Gasteiger partial charge in [0.25, 0.3) is 0 Å². The molecule has 192 valence electrons. The maximum atomic E-state index is 13.1. The number of methoxy groups -OCH3 is 1. The van der Waals surface area contributed by atoms with Gasteiger partial charge in [-0.25, -0.2) is 4.98 Å². The minimum Gasteiger partial charge on any atom is -0.481 e. The van der Waals surface area contributed by atoms with Crippen molar-refractivity contribution in [3.8, 4) is 5.88 Å². The molecule has 1 saturated heterocycles. The van der Waals surface area contributed by atoms with Crippen molar-refractivity contribution >= 4 is 10.8 Å². The van der Waals surface area contributed by atoms with E-state index in [-0.39, 0.29) is 5.92 Å². The molecule has 0 radical (unpaired) electrons. The van der Waals surface area contributed by atoms with E-state index in [4.69, 9.17) is 9.72 Å². The van der Waals surface area contributed by atoms with Gasteiger partial charge in [-0.3, -0.25) is 0 Å². The molecule has 37 heavy (non-hydrogen) atoms. The Bertz CT molecular complexity index is 1330. The molecule has 0 saturated carbocycles. The van der Waals surface area contributed by atoms with Gasteiger partial charge in [0.15, 0.2) is 0 Å². The number of ether oxygens (including phenoxy) is 1. The van der Waals surface area contributed by atoms with Gasteiger partial charge in [-0.05, 0) is 72.9 Å². The summed E-state index contributed by atoms with van der Waals surface area (Å²) in [5, 5.41) is 18.7. The lowest BCUT2D eigenvalue weighted by Gasteiger charge is -2.39. The number of fused-ring (bicyclic) bond motifs is 1. The quantitative estimate of drug-likeness (QED) is 0.330. The summed E-state index contributed by atoms with van der Waals surface area (Å²) in [7, 11) is 5.77. The molecule has 1 aliphatic rings. The lowest BCUT2D eigenvalue weighted by Crippen LogP contribution is -2.38. The van der Waals surface area contributed by atoms with Crippen molar-refractivity contribution in [1.82, 2.24) is 15.2 Å². The van der Waals surface area contributed by atoms with Gasteiger partial charge in [-0.2, -0.15) is 0 Å². The summed E-state index contributed by atoms with van der Waals surface area (Å²) in [6.07, 6.45) is 3.57. The topological polar surface area (TPSA) is 57.6 Å². The maximum Gasteiger partial charge on any atom is 0.216 e. The minimum absolute atomic E-state index is 0.379. The predicted molar refractivity (Wildman–Crippen MR) is 150 cm³/mol. The van der Waals surface area contributed by atoms with Crippen LogP contribution < -0.4 is 10.1 Å². The number of aliphatic hydroxyl groups is 1. The molecule has 0 aliphatic carbocycles. The lowest BCUT2D eigenvalue weighted by atomic mass is 9.70. The fourth-order valence-electron chi connectivity index (χ4n) is 5.82. The van der Waals surface area contributed by atoms with Crippen molar-refractivity contribution in [2.75, 3.05) is 40.8 Å². The van der Waals surface area contributed by atoms with Crippen molar-refractivity contribution in [3.63, 3.8) is 0 Å². The molecule has 3 aromatic carbocycles. The average molecular weight is 496 g/mol. The fraction of sp³-hybridized carbons (Fsp3) is 0.344. The van der Waals surface area contributed by atoms with Crippen LogP contribution >= 0.6 is 0 Å². The van der Waals surface area contributed by atoms with Gasteiger partial charge in [0, 0.05) is 30.8 Å². The van der Waals surface area contributed by atoms with Crippen molar-refractivity contribution in [3.05, 3.63) is 107 Å². The Morgan fingerprint density at radius 2 is 1.81 bits per heavy atom. The Balaban J connectivity index is 1.77. The van der Waals surface area contributed by atoms with Gasteiger partial charge < -0.3 is 20.1 Å². The third-order valence-corrected chi connectivity index (χ3v) is 7.74. The maximum absolute atomic E-state index is 13.1. The number of hydrogen-bond donors (Lipinski definition) is 2. The molecular weight excluding hydrogens is 458 g/mol. The van der Waals surface area contributed by atoms with Gasteiger partial charge in [0.2, 0.25) is 5.88 Å². The van der Waals surface area contributed by atoms with Crippen LogP contribution in [0.3, 0.4) is 0 Å². The second-order valence-electron chi connectivity index (χ2n) is 10.4. The van der Waals surface area contributed by atoms with Gasteiger partial charge in [-0.15, -0.1) is 0 Å². The molecule has 5 rings (SSSR count). The normalized spacial score (nSPS) is 18.1. The molecule has 0 bridgehead atoms. The molecular formula is C32H37N3O2. The molecule has 0 spiro atoms. The molecule has 2 heterocycles. The first-order valence-corrected chi connectivity index (χ1v) is 13.2. The lowest BCUT2D eigenvalue weighted by molar-refractivity contribution is 0.00513. The van der Waals surface area contributed by atoms with E-state index in [9.17, 15) is 5.11 Å². The summed E-state index contributed by atoms with van der Waals surface area (Å²) in [6.45, 7) is 2.68.